The summed E-state index contributed by atoms with van der Waals surface area (Å²) in [6.07, 6.45) is 80.2. The summed E-state index contributed by atoms with van der Waals surface area (Å²) < 4.78 is 23.8. The number of rotatable bonds is 59. The highest BCUT2D eigenvalue weighted by atomic mass is 31.2. The molecule has 3 unspecified atom stereocenters. The number of nitrogens with zero attached hydrogens (tertiary/aromatic N) is 1. The fourth-order valence-electron chi connectivity index (χ4n) is 9.42. The fourth-order valence-corrected chi connectivity index (χ4v) is 10.2. The summed E-state index contributed by atoms with van der Waals surface area (Å²) in [5, 5.41) is 14.0. The van der Waals surface area contributed by atoms with Crippen LogP contribution in [0.4, 0.5) is 0 Å². The minimum absolute atomic E-state index is 0.0589. The molecule has 9 heteroatoms. The third-order valence-electron chi connectivity index (χ3n) is 14.4. The van der Waals surface area contributed by atoms with Gasteiger partial charge in [0.05, 0.1) is 39.9 Å². The summed E-state index contributed by atoms with van der Waals surface area (Å²) in [5.74, 6) is -0.179. The normalized spacial score (nSPS) is 14.2. The molecule has 0 aromatic heterocycles. The van der Waals surface area contributed by atoms with E-state index in [2.05, 4.69) is 79.9 Å². The van der Waals surface area contributed by atoms with Gasteiger partial charge in [0.25, 0.3) is 0 Å². The fraction of sp³-hybridized carbons (Fsp3) is 0.806. The molecule has 0 aliphatic heterocycles. The standard InChI is InChI=1S/C67H125N2O6P/c1-6-8-10-12-14-16-18-20-22-24-26-28-30-32-34-36-38-40-42-44-46-48-50-52-54-56-58-60-66(70)65(64-75-76(72,73)74-63-62-69(3,4)5)68-67(71)61-59-57-55-53-51-49-47-45-43-41-39-37-35-33-31-29-27-25-23-21-19-17-15-13-11-9-7-2/h9,11,15,17,21,23,27,29,33,35,58,60,65-66,70H,6-8,10,12-14,16,18-20,22,24-26,28,30-32,34,36-57,59,61-64H2,1-5H3,(H-,68,71,72,73)/p+1/b11-9-,17-15-,23-21-,29-27-,35-33-,60-58+. The smallest absolute Gasteiger partial charge is 0.387 e. The molecule has 0 fully saturated rings. The van der Waals surface area contributed by atoms with Gasteiger partial charge >= 0.3 is 7.82 Å². The minimum Gasteiger partial charge on any atom is -0.387 e. The molecule has 0 radical (unpaired) electrons. The Kier molecular flexibility index (Phi) is 56.1. The van der Waals surface area contributed by atoms with Gasteiger partial charge in [-0.15, -0.1) is 0 Å². The first-order chi connectivity index (χ1) is 37.0. The van der Waals surface area contributed by atoms with Crippen molar-refractivity contribution in [3.8, 4) is 0 Å². The van der Waals surface area contributed by atoms with Crippen molar-refractivity contribution in [2.75, 3.05) is 40.9 Å². The van der Waals surface area contributed by atoms with Crippen LogP contribution in [-0.2, 0) is 18.4 Å². The molecule has 3 N–H and O–H groups in total. The number of hydrogen-bond donors (Lipinski definition) is 3. The second-order valence-electron chi connectivity index (χ2n) is 23.1. The number of aliphatic hydroxyl groups is 1. The lowest BCUT2D eigenvalue weighted by Gasteiger charge is -2.25. The first-order valence-corrected chi connectivity index (χ1v) is 33.8. The molecule has 0 saturated heterocycles. The summed E-state index contributed by atoms with van der Waals surface area (Å²) in [4.78, 5) is 23.4. The SMILES string of the molecule is CC/C=C\C/C=C\C/C=C\C/C=C\C/C=C\CCCCCCCCCCCCCC(=O)NC(COP(=O)(O)OCC[N+](C)(C)C)C(O)/C=C/CCCCCCCCCCCCCCCCCCCCCCCCCCC. The molecule has 0 spiro atoms. The van der Waals surface area contributed by atoms with Crippen LogP contribution in [0.25, 0.3) is 0 Å². The van der Waals surface area contributed by atoms with Crippen molar-refractivity contribution < 1.29 is 32.9 Å². The number of aliphatic hydroxyl groups excluding tert-OH is 1. The molecule has 0 aromatic carbocycles. The molecule has 444 valence electrons. The van der Waals surface area contributed by atoms with Crippen molar-refractivity contribution >= 4 is 13.7 Å². The largest absolute Gasteiger partial charge is 0.472 e. The molecule has 0 aliphatic rings. The number of nitrogens with one attached hydrogen (secondary N) is 1. The third-order valence-corrected chi connectivity index (χ3v) is 15.4. The van der Waals surface area contributed by atoms with Crippen LogP contribution >= 0.6 is 7.82 Å². The quantitative estimate of drug-likeness (QED) is 0.0243. The summed E-state index contributed by atoms with van der Waals surface area (Å²) in [6.45, 7) is 4.73. The predicted octanol–water partition coefficient (Wildman–Crippen LogP) is 20.2. The van der Waals surface area contributed by atoms with Gasteiger partial charge in [-0.2, -0.15) is 0 Å². The molecule has 0 saturated carbocycles. The molecule has 1 amide bonds. The zero-order valence-corrected chi connectivity index (χ0v) is 51.6. The van der Waals surface area contributed by atoms with Gasteiger partial charge in [0.1, 0.15) is 13.2 Å². The van der Waals surface area contributed by atoms with E-state index in [1.807, 2.05) is 27.2 Å². The van der Waals surface area contributed by atoms with Gasteiger partial charge in [-0.3, -0.25) is 13.8 Å². The van der Waals surface area contributed by atoms with Gasteiger partial charge < -0.3 is 19.8 Å². The van der Waals surface area contributed by atoms with Crippen molar-refractivity contribution in [3.05, 3.63) is 72.9 Å². The topological polar surface area (TPSA) is 105 Å². The van der Waals surface area contributed by atoms with E-state index >= 15 is 0 Å². The van der Waals surface area contributed by atoms with Gasteiger partial charge in [-0.05, 0) is 64.2 Å². The second-order valence-corrected chi connectivity index (χ2v) is 24.6. The van der Waals surface area contributed by atoms with E-state index in [4.69, 9.17) is 9.05 Å². The average Bonchev–Trinajstić information content (AvgIpc) is 3.38. The molecular formula is C67H126N2O6P+. The highest BCUT2D eigenvalue weighted by Crippen LogP contribution is 2.43. The lowest BCUT2D eigenvalue weighted by atomic mass is 10.0. The van der Waals surface area contributed by atoms with Crippen molar-refractivity contribution in [3.63, 3.8) is 0 Å². The Hall–Kier alpha value is -2.06. The van der Waals surface area contributed by atoms with E-state index in [0.717, 1.165) is 70.6 Å². The molecule has 3 atom stereocenters. The van der Waals surface area contributed by atoms with E-state index in [9.17, 15) is 19.4 Å². The third kappa shape index (κ3) is 59.6. The van der Waals surface area contributed by atoms with Crippen LogP contribution in [0.3, 0.4) is 0 Å². The number of hydrogen-bond acceptors (Lipinski definition) is 5. The maximum atomic E-state index is 13.0. The molecule has 8 nitrogen and oxygen atoms in total. The highest BCUT2D eigenvalue weighted by molar-refractivity contribution is 7.47. The van der Waals surface area contributed by atoms with E-state index in [1.54, 1.807) is 6.08 Å². The van der Waals surface area contributed by atoms with Crippen LogP contribution in [0.2, 0.25) is 0 Å². The zero-order chi connectivity index (χ0) is 55.6. The zero-order valence-electron chi connectivity index (χ0n) is 50.7. The van der Waals surface area contributed by atoms with Gasteiger partial charge in [-0.25, -0.2) is 4.57 Å². The molecule has 0 aromatic rings. The Bertz CT molecular complexity index is 1470. The number of carbonyl (C=O) groups excluding carboxylic acids is 1. The van der Waals surface area contributed by atoms with Crippen molar-refractivity contribution in [2.24, 2.45) is 0 Å². The van der Waals surface area contributed by atoms with Gasteiger partial charge in [-0.1, -0.05) is 299 Å². The lowest BCUT2D eigenvalue weighted by molar-refractivity contribution is -0.870. The number of unbranched alkanes of at least 4 members (excludes halogenated alkanes) is 36. The van der Waals surface area contributed by atoms with Crippen LogP contribution in [0, 0.1) is 0 Å². The molecule has 0 rings (SSSR count). The number of allylic oxidation sites excluding steroid dienone is 11. The van der Waals surface area contributed by atoms with Gasteiger partial charge in [0.2, 0.25) is 5.91 Å². The molecular weight excluding hydrogens is 960 g/mol. The Balaban J connectivity index is 4.15. The molecule has 0 heterocycles. The Labute approximate surface area is 472 Å². The monoisotopic (exact) mass is 1090 g/mol. The summed E-state index contributed by atoms with van der Waals surface area (Å²) in [5.41, 5.74) is 0. The van der Waals surface area contributed by atoms with Crippen molar-refractivity contribution in [2.45, 2.75) is 309 Å². The van der Waals surface area contributed by atoms with E-state index in [-0.39, 0.29) is 19.1 Å². The Morgan fingerprint density at radius 1 is 0.461 bits per heavy atom. The Morgan fingerprint density at radius 3 is 1.16 bits per heavy atom. The van der Waals surface area contributed by atoms with Crippen LogP contribution in [0.1, 0.15) is 296 Å². The van der Waals surface area contributed by atoms with E-state index in [0.29, 0.717) is 17.4 Å². The predicted molar refractivity (Wildman–Crippen MR) is 332 cm³/mol. The van der Waals surface area contributed by atoms with Gasteiger partial charge in [0, 0.05) is 6.42 Å². The van der Waals surface area contributed by atoms with Gasteiger partial charge in [0.15, 0.2) is 0 Å². The lowest BCUT2D eigenvalue weighted by Crippen LogP contribution is -2.45. The maximum Gasteiger partial charge on any atom is 0.472 e. The maximum absolute atomic E-state index is 13.0. The number of carbonyl (C=O) groups is 1. The van der Waals surface area contributed by atoms with E-state index < -0.39 is 20.0 Å². The molecule has 0 bridgehead atoms. The first kappa shape index (κ1) is 73.9. The van der Waals surface area contributed by atoms with Crippen LogP contribution in [-0.4, -0.2) is 73.4 Å². The minimum atomic E-state index is -4.36. The van der Waals surface area contributed by atoms with Crippen LogP contribution in [0.15, 0.2) is 72.9 Å². The number of quaternary nitrogens is 1. The average molecular weight is 1090 g/mol. The number of phosphoric ester groups is 1. The van der Waals surface area contributed by atoms with Crippen molar-refractivity contribution in [1.29, 1.82) is 0 Å². The highest BCUT2D eigenvalue weighted by Gasteiger charge is 2.28. The first-order valence-electron chi connectivity index (χ1n) is 32.3. The summed E-state index contributed by atoms with van der Waals surface area (Å²) in [7, 11) is 1.57. The van der Waals surface area contributed by atoms with Crippen LogP contribution in [0.5, 0.6) is 0 Å². The van der Waals surface area contributed by atoms with Crippen LogP contribution < -0.4 is 5.32 Å². The molecule has 0 aliphatic carbocycles. The Morgan fingerprint density at radius 2 is 0.789 bits per heavy atom. The summed E-state index contributed by atoms with van der Waals surface area (Å²) >= 11 is 0. The number of likely N-dealkylation sites (N-methyl/N-ethyl adjacent to an activating group) is 1. The van der Waals surface area contributed by atoms with Crippen molar-refractivity contribution in [1.82, 2.24) is 5.32 Å². The number of amides is 1. The molecule has 76 heavy (non-hydrogen) atoms. The number of phosphoric acid groups is 1. The summed E-state index contributed by atoms with van der Waals surface area (Å²) in [6, 6.07) is -0.853. The van der Waals surface area contributed by atoms with E-state index in [1.165, 1.54) is 205 Å². The second kappa shape index (κ2) is 57.6.